The van der Waals surface area contributed by atoms with E-state index in [1.165, 1.54) is 6.07 Å². The number of hydrogen-bond donors (Lipinski definition) is 2. The van der Waals surface area contributed by atoms with Crippen LogP contribution in [0.2, 0.25) is 0 Å². The predicted octanol–water partition coefficient (Wildman–Crippen LogP) is 4.25. The Hall–Kier alpha value is -2.23. The van der Waals surface area contributed by atoms with Gasteiger partial charge in [-0.2, -0.15) is 0 Å². The highest BCUT2D eigenvalue weighted by Crippen LogP contribution is 2.14. The van der Waals surface area contributed by atoms with Crippen LogP contribution in [0.15, 0.2) is 42.6 Å². The predicted molar refractivity (Wildman–Crippen MR) is 81.8 cm³/mol. The number of benzene rings is 1. The minimum Gasteiger partial charge on any atom is -0.365 e. The molecular formula is C16H20FN3. The van der Waals surface area contributed by atoms with Gasteiger partial charge in [0.2, 0.25) is 0 Å². The molecule has 0 aliphatic carbocycles. The molecule has 1 aromatic carbocycles. The van der Waals surface area contributed by atoms with Crippen LogP contribution in [0.25, 0.3) is 0 Å². The van der Waals surface area contributed by atoms with Gasteiger partial charge in [0.05, 0.1) is 0 Å². The molecule has 1 aromatic heterocycles. The average Bonchev–Trinajstić information content (AvgIpc) is 2.49. The summed E-state index contributed by atoms with van der Waals surface area (Å²) in [5.74, 6) is 0.363. The number of nitrogens with one attached hydrogen (secondary N) is 2. The molecule has 1 heterocycles. The molecule has 0 unspecified atom stereocenters. The third-order valence-electron chi connectivity index (χ3n) is 2.62. The quantitative estimate of drug-likeness (QED) is 0.818. The molecule has 2 aromatic rings. The van der Waals surface area contributed by atoms with Crippen LogP contribution in [0.5, 0.6) is 0 Å². The molecule has 0 saturated heterocycles. The summed E-state index contributed by atoms with van der Waals surface area (Å²) in [7, 11) is 0. The third-order valence-corrected chi connectivity index (χ3v) is 2.62. The van der Waals surface area contributed by atoms with Gasteiger partial charge in [0.15, 0.2) is 0 Å². The average molecular weight is 273 g/mol. The van der Waals surface area contributed by atoms with Gasteiger partial charge >= 0.3 is 0 Å². The molecule has 106 valence electrons. The normalized spacial score (nSPS) is 9.40. The van der Waals surface area contributed by atoms with Gasteiger partial charge in [0, 0.05) is 29.6 Å². The van der Waals surface area contributed by atoms with E-state index in [9.17, 15) is 4.39 Å². The summed E-state index contributed by atoms with van der Waals surface area (Å²) < 4.78 is 13.4. The highest BCUT2D eigenvalue weighted by Gasteiger charge is 2.06. The van der Waals surface area contributed by atoms with Gasteiger partial charge in [-0.3, -0.25) is 0 Å². The van der Waals surface area contributed by atoms with Crippen LogP contribution in [0.1, 0.15) is 31.9 Å². The first-order chi connectivity index (χ1) is 9.68. The van der Waals surface area contributed by atoms with Crippen molar-refractivity contribution in [2.24, 2.45) is 0 Å². The Bertz CT molecular complexity index is 567. The van der Waals surface area contributed by atoms with Crippen molar-refractivity contribution in [1.29, 1.82) is 5.41 Å². The molecule has 3 nitrogen and oxygen atoms in total. The van der Waals surface area contributed by atoms with E-state index in [2.05, 4.69) is 10.3 Å². The lowest BCUT2D eigenvalue weighted by Crippen LogP contribution is -2.07. The zero-order chi connectivity index (χ0) is 15.0. The number of halogens is 1. The molecule has 0 aliphatic rings. The number of nitrogens with zero attached hydrogens (tertiary/aromatic N) is 1. The van der Waals surface area contributed by atoms with Crippen LogP contribution in [-0.2, 0) is 6.54 Å². The van der Waals surface area contributed by atoms with Crippen molar-refractivity contribution < 1.29 is 4.39 Å². The number of rotatable bonds is 4. The van der Waals surface area contributed by atoms with Gasteiger partial charge in [0.1, 0.15) is 11.6 Å². The van der Waals surface area contributed by atoms with Crippen molar-refractivity contribution in [3.05, 3.63) is 59.5 Å². The Morgan fingerprint density at radius 3 is 2.55 bits per heavy atom. The first kappa shape index (κ1) is 15.8. The monoisotopic (exact) mass is 273 g/mol. The first-order valence-electron chi connectivity index (χ1n) is 6.66. The van der Waals surface area contributed by atoms with Gasteiger partial charge in [-0.15, -0.1) is 0 Å². The molecular weight excluding hydrogens is 253 g/mol. The second-order valence-corrected chi connectivity index (χ2v) is 3.97. The lowest BCUT2D eigenvalue weighted by Gasteiger charge is -2.10. The third kappa shape index (κ3) is 4.16. The van der Waals surface area contributed by atoms with Gasteiger partial charge in [-0.25, -0.2) is 9.37 Å². The van der Waals surface area contributed by atoms with Crippen LogP contribution < -0.4 is 5.32 Å². The van der Waals surface area contributed by atoms with E-state index in [1.807, 2.05) is 19.9 Å². The van der Waals surface area contributed by atoms with Crippen molar-refractivity contribution >= 4 is 11.5 Å². The van der Waals surface area contributed by atoms with Gasteiger partial charge in [-0.05, 0) is 25.1 Å². The topological polar surface area (TPSA) is 48.8 Å². The molecule has 0 aliphatic heterocycles. The second kappa shape index (κ2) is 8.04. The molecule has 2 N–H and O–H groups in total. The molecule has 0 bridgehead atoms. The van der Waals surface area contributed by atoms with E-state index < -0.39 is 0 Å². The van der Waals surface area contributed by atoms with Gasteiger partial charge in [-0.1, -0.05) is 32.0 Å². The molecule has 0 fully saturated rings. The van der Waals surface area contributed by atoms with Gasteiger partial charge in [0.25, 0.3) is 0 Å². The van der Waals surface area contributed by atoms with E-state index >= 15 is 0 Å². The van der Waals surface area contributed by atoms with Crippen molar-refractivity contribution in [3.8, 4) is 0 Å². The summed E-state index contributed by atoms with van der Waals surface area (Å²) in [6, 6.07) is 10.2. The number of aromatic nitrogens is 1. The molecule has 0 saturated carbocycles. The summed E-state index contributed by atoms with van der Waals surface area (Å²) in [4.78, 5) is 4.17. The van der Waals surface area contributed by atoms with Gasteiger partial charge < -0.3 is 10.7 Å². The fourth-order valence-electron chi connectivity index (χ4n) is 1.67. The highest BCUT2D eigenvalue weighted by atomic mass is 19.1. The SMILES string of the molecule is CC.CC(=N)c1cccnc1NCc1ccccc1F. The van der Waals surface area contributed by atoms with E-state index in [-0.39, 0.29) is 5.82 Å². The summed E-state index contributed by atoms with van der Waals surface area (Å²) in [6.45, 7) is 6.05. The summed E-state index contributed by atoms with van der Waals surface area (Å²) in [5, 5.41) is 10.7. The molecule has 0 amide bonds. The Morgan fingerprint density at radius 2 is 1.90 bits per heavy atom. The van der Waals surface area contributed by atoms with Crippen molar-refractivity contribution in [2.45, 2.75) is 27.3 Å². The van der Waals surface area contributed by atoms with Crippen LogP contribution >= 0.6 is 0 Å². The fourth-order valence-corrected chi connectivity index (χ4v) is 1.67. The molecule has 20 heavy (non-hydrogen) atoms. The standard InChI is InChI=1S/C14H14FN3.C2H6/c1-10(16)12-6-4-8-17-14(12)18-9-11-5-2-3-7-13(11)15;1-2/h2-8,16H,9H2,1H3,(H,17,18);1-2H3. The summed E-state index contributed by atoms with van der Waals surface area (Å²) >= 11 is 0. The zero-order valence-electron chi connectivity index (χ0n) is 12.1. The maximum Gasteiger partial charge on any atom is 0.135 e. The zero-order valence-corrected chi connectivity index (χ0v) is 12.1. The van der Waals surface area contributed by atoms with Crippen molar-refractivity contribution in [1.82, 2.24) is 4.98 Å². The van der Waals surface area contributed by atoms with E-state index in [4.69, 9.17) is 5.41 Å². The fraction of sp³-hybridized carbons (Fsp3) is 0.250. The highest BCUT2D eigenvalue weighted by molar-refractivity contribution is 6.00. The van der Waals surface area contributed by atoms with E-state index in [1.54, 1.807) is 37.4 Å². The molecule has 0 atom stereocenters. The van der Waals surface area contributed by atoms with Crippen molar-refractivity contribution in [3.63, 3.8) is 0 Å². The smallest absolute Gasteiger partial charge is 0.135 e. The lowest BCUT2D eigenvalue weighted by molar-refractivity contribution is 0.613. The number of pyridine rings is 1. The molecule has 4 heteroatoms. The molecule has 0 radical (unpaired) electrons. The maximum atomic E-state index is 13.4. The number of hydrogen-bond acceptors (Lipinski definition) is 3. The Labute approximate surface area is 119 Å². The lowest BCUT2D eigenvalue weighted by atomic mass is 10.1. The maximum absolute atomic E-state index is 13.4. The number of anilines is 1. The van der Waals surface area contributed by atoms with E-state index in [0.717, 1.165) is 5.56 Å². The van der Waals surface area contributed by atoms with E-state index in [0.29, 0.717) is 23.6 Å². The van der Waals surface area contributed by atoms with Crippen molar-refractivity contribution in [2.75, 3.05) is 5.32 Å². The second-order valence-electron chi connectivity index (χ2n) is 3.97. The minimum atomic E-state index is -0.242. The van der Waals surface area contributed by atoms with Crippen LogP contribution in [-0.4, -0.2) is 10.7 Å². The summed E-state index contributed by atoms with van der Waals surface area (Å²) in [6.07, 6.45) is 1.65. The minimum absolute atomic E-state index is 0.242. The Balaban J connectivity index is 0.000000956. The Morgan fingerprint density at radius 1 is 1.20 bits per heavy atom. The van der Waals surface area contributed by atoms with Crippen LogP contribution in [0.3, 0.4) is 0 Å². The largest absolute Gasteiger partial charge is 0.365 e. The molecule has 2 rings (SSSR count). The van der Waals surface area contributed by atoms with Crippen LogP contribution in [0, 0.1) is 11.2 Å². The summed E-state index contributed by atoms with van der Waals surface area (Å²) in [5.41, 5.74) is 1.74. The van der Waals surface area contributed by atoms with Crippen LogP contribution in [0.4, 0.5) is 10.2 Å². The Kier molecular flexibility index (Phi) is 6.37. The molecule has 0 spiro atoms. The first-order valence-corrected chi connectivity index (χ1v) is 6.66.